The van der Waals surface area contributed by atoms with Crippen molar-refractivity contribution < 1.29 is 37.3 Å². The molecule has 2 saturated heterocycles. The number of benzene rings is 2. The van der Waals surface area contributed by atoms with E-state index in [0.717, 1.165) is 25.1 Å². The third-order valence-corrected chi connectivity index (χ3v) is 10.6. The van der Waals surface area contributed by atoms with Crippen LogP contribution in [0.4, 0.5) is 10.5 Å². The third-order valence-electron chi connectivity index (χ3n) is 8.81. The van der Waals surface area contributed by atoms with Crippen LogP contribution in [0.1, 0.15) is 45.2 Å². The van der Waals surface area contributed by atoms with E-state index in [4.69, 9.17) is 14.2 Å². The lowest BCUT2D eigenvalue weighted by molar-refractivity contribution is -0.110. The SMILES string of the molecule is CCN(/C=C1\C(=O)Nc2cc(S(=O)(=O)N(CC(C)C)C[C@@H](O)[C@H](Cc3ccccc3)NC(=O)O[C@H]3CO[C@@H]4OCC[C@@H]43)ccc21)CC. The first-order valence-electron chi connectivity index (χ1n) is 16.3. The molecule has 2 fully saturated rings. The Morgan fingerprint density at radius 3 is 2.57 bits per heavy atom. The van der Waals surface area contributed by atoms with E-state index < -0.39 is 34.4 Å². The quantitative estimate of drug-likeness (QED) is 0.257. The van der Waals surface area contributed by atoms with Crippen LogP contribution in [-0.2, 0) is 35.4 Å². The number of aliphatic hydroxyl groups is 1. The van der Waals surface area contributed by atoms with Crippen LogP contribution in [0.3, 0.4) is 0 Å². The van der Waals surface area contributed by atoms with Gasteiger partial charge in [0.1, 0.15) is 6.10 Å². The van der Waals surface area contributed by atoms with Gasteiger partial charge in [-0.25, -0.2) is 13.2 Å². The van der Waals surface area contributed by atoms with Crippen molar-refractivity contribution in [3.8, 4) is 0 Å². The summed E-state index contributed by atoms with van der Waals surface area (Å²) < 4.78 is 46.3. The number of fused-ring (bicyclic) bond motifs is 2. The van der Waals surface area contributed by atoms with Gasteiger partial charge in [-0.15, -0.1) is 0 Å². The second-order valence-electron chi connectivity index (χ2n) is 12.6. The molecule has 2 aromatic carbocycles. The van der Waals surface area contributed by atoms with Crippen LogP contribution in [0.25, 0.3) is 5.57 Å². The van der Waals surface area contributed by atoms with E-state index in [0.29, 0.717) is 23.4 Å². The molecule has 3 heterocycles. The maximum absolute atomic E-state index is 14.1. The summed E-state index contributed by atoms with van der Waals surface area (Å²) in [5.41, 5.74) is 2.37. The predicted molar refractivity (Wildman–Crippen MR) is 177 cm³/mol. The average Bonchev–Trinajstić information content (AvgIpc) is 3.74. The summed E-state index contributed by atoms with van der Waals surface area (Å²) in [6, 6.07) is 13.1. The third kappa shape index (κ3) is 8.15. The van der Waals surface area contributed by atoms with Crippen LogP contribution in [0.2, 0.25) is 0 Å². The highest BCUT2D eigenvalue weighted by atomic mass is 32.2. The lowest BCUT2D eigenvalue weighted by atomic mass is 10.0. The Hall–Kier alpha value is -3.49. The van der Waals surface area contributed by atoms with Gasteiger partial charge >= 0.3 is 6.09 Å². The molecule has 47 heavy (non-hydrogen) atoms. The number of hydrogen-bond acceptors (Lipinski definition) is 9. The molecule has 0 bridgehead atoms. The number of nitrogens with one attached hydrogen (secondary N) is 2. The molecule has 256 valence electrons. The molecule has 2 amide bonds. The Labute approximate surface area is 277 Å². The van der Waals surface area contributed by atoms with Crippen LogP contribution in [0, 0.1) is 11.8 Å². The van der Waals surface area contributed by atoms with Gasteiger partial charge in [0, 0.05) is 37.9 Å². The Morgan fingerprint density at radius 2 is 1.87 bits per heavy atom. The number of amides is 2. The highest BCUT2D eigenvalue weighted by Gasteiger charge is 2.44. The van der Waals surface area contributed by atoms with E-state index >= 15 is 0 Å². The number of sulfonamides is 1. The standard InChI is InChI=1S/C34H46N4O8S/c1-5-37(6-2)19-27-25-13-12-24(17-28(25)35-32(27)40)47(42,43)38(18-22(3)4)20-30(39)29(16-23-10-8-7-9-11-23)36-34(41)46-31-21-45-33-26(31)14-15-44-33/h7-13,17,19,22,26,29-31,33,39H,5-6,14-16,18,20-21H2,1-4H3,(H,35,40)(H,36,41)/b27-19-/t26-,29+,30-,31+,33+/m1/s1. The number of anilines is 1. The number of carbonyl (C=O) groups is 2. The fraction of sp³-hybridized carbons (Fsp3) is 0.529. The molecule has 13 heteroatoms. The van der Waals surface area contributed by atoms with Gasteiger partial charge in [-0.05, 0) is 50.3 Å². The van der Waals surface area contributed by atoms with Crippen molar-refractivity contribution in [2.75, 3.05) is 44.7 Å². The topological polar surface area (TPSA) is 147 Å². The van der Waals surface area contributed by atoms with Crippen LogP contribution in [-0.4, -0.2) is 98.7 Å². The average molecular weight is 671 g/mol. The normalized spacial score (nSPS) is 22.7. The minimum absolute atomic E-state index is 0.00459. The number of nitrogens with zero attached hydrogens (tertiary/aromatic N) is 2. The Bertz CT molecular complexity index is 1550. The second-order valence-corrected chi connectivity index (χ2v) is 14.6. The van der Waals surface area contributed by atoms with Crippen molar-refractivity contribution >= 4 is 33.3 Å². The molecule has 5 atom stereocenters. The summed E-state index contributed by atoms with van der Waals surface area (Å²) in [7, 11) is -4.13. The van der Waals surface area contributed by atoms with Crippen molar-refractivity contribution in [3.05, 3.63) is 65.9 Å². The molecule has 3 aliphatic rings. The first kappa shape index (κ1) is 34.8. The van der Waals surface area contributed by atoms with E-state index in [1.165, 1.54) is 16.4 Å². The summed E-state index contributed by atoms with van der Waals surface area (Å²) in [6.07, 6.45) is -0.0933. The minimum atomic E-state index is -4.13. The van der Waals surface area contributed by atoms with Crippen molar-refractivity contribution in [1.82, 2.24) is 14.5 Å². The first-order chi connectivity index (χ1) is 22.5. The molecule has 2 aromatic rings. The Balaban J connectivity index is 1.36. The van der Waals surface area contributed by atoms with E-state index in [-0.39, 0.29) is 55.0 Å². The van der Waals surface area contributed by atoms with Crippen molar-refractivity contribution in [2.45, 2.75) is 70.0 Å². The molecule has 3 aliphatic heterocycles. The molecule has 0 unspecified atom stereocenters. The molecule has 5 rings (SSSR count). The van der Waals surface area contributed by atoms with Crippen LogP contribution >= 0.6 is 0 Å². The fourth-order valence-corrected chi connectivity index (χ4v) is 7.88. The van der Waals surface area contributed by atoms with Crippen molar-refractivity contribution in [2.24, 2.45) is 11.8 Å². The lowest BCUT2D eigenvalue weighted by Crippen LogP contribution is -2.51. The van der Waals surface area contributed by atoms with Crippen LogP contribution in [0.5, 0.6) is 0 Å². The zero-order chi connectivity index (χ0) is 33.7. The second kappa shape index (κ2) is 15.2. The molecular weight excluding hydrogens is 624 g/mol. The van der Waals surface area contributed by atoms with Gasteiger partial charge in [-0.2, -0.15) is 4.31 Å². The fourth-order valence-electron chi connectivity index (χ4n) is 6.24. The number of hydrogen-bond donors (Lipinski definition) is 3. The molecule has 12 nitrogen and oxygen atoms in total. The Kier molecular flexibility index (Phi) is 11.2. The van der Waals surface area contributed by atoms with Gasteiger partial charge in [0.25, 0.3) is 5.91 Å². The van der Waals surface area contributed by atoms with E-state index in [2.05, 4.69) is 10.6 Å². The molecule has 3 N–H and O–H groups in total. The van der Waals surface area contributed by atoms with Crippen LogP contribution < -0.4 is 10.6 Å². The molecule has 0 spiro atoms. The zero-order valence-corrected chi connectivity index (χ0v) is 28.2. The first-order valence-corrected chi connectivity index (χ1v) is 17.8. The van der Waals surface area contributed by atoms with Gasteiger partial charge in [-0.1, -0.05) is 50.2 Å². The van der Waals surface area contributed by atoms with E-state index in [9.17, 15) is 23.1 Å². The Morgan fingerprint density at radius 1 is 1.13 bits per heavy atom. The summed E-state index contributed by atoms with van der Waals surface area (Å²) in [4.78, 5) is 27.9. The molecular formula is C34H46N4O8S. The largest absolute Gasteiger partial charge is 0.443 e. The van der Waals surface area contributed by atoms with Crippen LogP contribution in [0.15, 0.2) is 59.6 Å². The number of alkyl carbamates (subject to hydrolysis) is 1. The number of carbonyl (C=O) groups excluding carboxylic acids is 2. The molecule has 0 saturated carbocycles. The highest BCUT2D eigenvalue weighted by molar-refractivity contribution is 7.89. The number of ether oxygens (including phenoxy) is 3. The summed E-state index contributed by atoms with van der Waals surface area (Å²) in [6.45, 7) is 9.84. The van der Waals surface area contributed by atoms with Gasteiger partial charge in [0.15, 0.2) is 6.29 Å². The van der Waals surface area contributed by atoms with E-state index in [1.54, 1.807) is 12.3 Å². The molecule has 0 aromatic heterocycles. The molecule has 0 radical (unpaired) electrons. The number of aliphatic hydroxyl groups excluding tert-OH is 1. The predicted octanol–water partition coefficient (Wildman–Crippen LogP) is 3.43. The van der Waals surface area contributed by atoms with Gasteiger partial charge in [0.2, 0.25) is 10.0 Å². The maximum Gasteiger partial charge on any atom is 0.407 e. The van der Waals surface area contributed by atoms with Crippen molar-refractivity contribution in [3.63, 3.8) is 0 Å². The summed E-state index contributed by atoms with van der Waals surface area (Å²) in [5.74, 6) is -0.409. The van der Waals surface area contributed by atoms with Gasteiger partial charge in [-0.3, -0.25) is 4.79 Å². The smallest absolute Gasteiger partial charge is 0.407 e. The minimum Gasteiger partial charge on any atom is -0.443 e. The van der Waals surface area contributed by atoms with Gasteiger partial charge in [0.05, 0.1) is 47.4 Å². The maximum atomic E-state index is 14.1. The summed E-state index contributed by atoms with van der Waals surface area (Å²) in [5, 5.41) is 17.2. The highest BCUT2D eigenvalue weighted by Crippen LogP contribution is 2.35. The van der Waals surface area contributed by atoms with E-state index in [1.807, 2.05) is 62.9 Å². The summed E-state index contributed by atoms with van der Waals surface area (Å²) >= 11 is 0. The zero-order valence-electron chi connectivity index (χ0n) is 27.4. The molecule has 0 aliphatic carbocycles. The van der Waals surface area contributed by atoms with Gasteiger partial charge < -0.3 is 34.9 Å². The van der Waals surface area contributed by atoms with Crippen molar-refractivity contribution in [1.29, 1.82) is 0 Å². The number of rotatable bonds is 14. The monoisotopic (exact) mass is 670 g/mol. The lowest BCUT2D eigenvalue weighted by Gasteiger charge is -2.31.